The summed E-state index contributed by atoms with van der Waals surface area (Å²) >= 11 is 0. The highest BCUT2D eigenvalue weighted by atomic mass is 14.5. The zero-order valence-electron chi connectivity index (χ0n) is 42.4. The maximum atomic E-state index is 2.59. The van der Waals surface area contributed by atoms with Crippen molar-refractivity contribution in [3.8, 4) is 0 Å². The minimum atomic E-state index is 0.193. The zero-order chi connectivity index (χ0) is 43.8. The van der Waals surface area contributed by atoms with E-state index in [1.165, 1.54) is 81.8 Å². The highest BCUT2D eigenvalue weighted by Gasteiger charge is 2.49. The first-order chi connectivity index (χ1) is 25.5. The Balaban J connectivity index is 0.00000125. The third-order valence-electron chi connectivity index (χ3n) is 14.7. The molecule has 0 spiro atoms. The first-order valence-electron chi connectivity index (χ1n) is 23.6. The van der Waals surface area contributed by atoms with Crippen LogP contribution in [0.25, 0.3) is 0 Å². The van der Waals surface area contributed by atoms with Gasteiger partial charge in [-0.05, 0) is 106 Å². The molecule has 0 radical (unpaired) electrons. The molecule has 56 heavy (non-hydrogen) atoms. The molecule has 0 saturated carbocycles. The van der Waals surface area contributed by atoms with Gasteiger partial charge in [-0.3, -0.25) is 0 Å². The molecule has 1 aromatic carbocycles. The molecule has 0 aliphatic heterocycles. The molecule has 0 heteroatoms. The summed E-state index contributed by atoms with van der Waals surface area (Å²) in [6.07, 6.45) is 25.7. The van der Waals surface area contributed by atoms with Crippen LogP contribution >= 0.6 is 0 Å². The quantitative estimate of drug-likeness (QED) is 0.123. The largest absolute Gasteiger partial charge is 0.0751 e. The van der Waals surface area contributed by atoms with Crippen molar-refractivity contribution < 1.29 is 0 Å². The minimum absolute atomic E-state index is 0.193. The fourth-order valence-electron chi connectivity index (χ4n) is 8.83. The van der Waals surface area contributed by atoms with Crippen LogP contribution in [-0.2, 0) is 0 Å². The van der Waals surface area contributed by atoms with Crippen LogP contribution in [0.15, 0.2) is 66.3 Å². The van der Waals surface area contributed by atoms with E-state index in [2.05, 4.69) is 213 Å². The highest BCUT2D eigenvalue weighted by molar-refractivity contribution is 5.32. The summed E-state index contributed by atoms with van der Waals surface area (Å²) in [5.74, 6) is 2.67. The number of hydrogen-bond acceptors (Lipinski definition) is 0. The fourth-order valence-corrected chi connectivity index (χ4v) is 8.83. The fraction of sp³-hybridized carbons (Fsp3) is 0.786. The summed E-state index contributed by atoms with van der Waals surface area (Å²) in [7, 11) is 0. The van der Waals surface area contributed by atoms with E-state index in [-0.39, 0.29) is 16.2 Å². The van der Waals surface area contributed by atoms with Crippen molar-refractivity contribution in [1.82, 2.24) is 0 Å². The lowest BCUT2D eigenvalue weighted by Gasteiger charge is -2.54. The van der Waals surface area contributed by atoms with Gasteiger partial charge in [-0.1, -0.05) is 245 Å². The van der Waals surface area contributed by atoms with Gasteiger partial charge in [0, 0.05) is 5.41 Å². The molecule has 1 aliphatic carbocycles. The Morgan fingerprint density at radius 1 is 0.625 bits per heavy atom. The predicted molar refractivity (Wildman–Crippen MR) is 259 cm³/mol. The number of hydrogen-bond donors (Lipinski definition) is 0. The topological polar surface area (TPSA) is 0 Å². The molecule has 0 fully saturated rings. The lowest BCUT2D eigenvalue weighted by Crippen LogP contribution is -2.45. The molecule has 1 aliphatic rings. The van der Waals surface area contributed by atoms with Crippen molar-refractivity contribution in [3.63, 3.8) is 0 Å². The molecule has 0 N–H and O–H groups in total. The average Bonchev–Trinajstić information content (AvgIpc) is 3.27. The number of benzene rings is 1. The van der Waals surface area contributed by atoms with Gasteiger partial charge in [0.25, 0.3) is 0 Å². The number of unbranched alkanes of at least 4 members (excludes halogenated alkanes) is 1. The van der Waals surface area contributed by atoms with Gasteiger partial charge in [0.1, 0.15) is 0 Å². The second-order valence-electron chi connectivity index (χ2n) is 23.6. The summed E-state index contributed by atoms with van der Waals surface area (Å²) in [6, 6.07) is 11.4. The molecule has 1 aromatic rings. The molecular weight excluding hydrogens is 673 g/mol. The van der Waals surface area contributed by atoms with Crippen molar-refractivity contribution >= 4 is 0 Å². The van der Waals surface area contributed by atoms with E-state index in [1.807, 2.05) is 0 Å². The lowest BCUT2D eigenvalue weighted by molar-refractivity contribution is -0.0309. The summed E-state index contributed by atoms with van der Waals surface area (Å²) in [4.78, 5) is 0. The Morgan fingerprint density at radius 2 is 1.16 bits per heavy atom. The lowest BCUT2D eigenvalue weighted by atomic mass is 9.51. The molecule has 3 atom stereocenters. The maximum Gasteiger partial charge on any atom is 0.00107 e. The molecule has 0 saturated heterocycles. The van der Waals surface area contributed by atoms with Gasteiger partial charge in [0.15, 0.2) is 0 Å². The predicted octanol–water partition coefficient (Wildman–Crippen LogP) is 19.3. The first kappa shape index (κ1) is 54.4. The highest BCUT2D eigenvalue weighted by Crippen LogP contribution is 2.58. The van der Waals surface area contributed by atoms with Gasteiger partial charge in [-0.25, -0.2) is 0 Å². The van der Waals surface area contributed by atoms with Crippen LogP contribution in [-0.4, -0.2) is 0 Å². The third kappa shape index (κ3) is 18.1. The van der Waals surface area contributed by atoms with Gasteiger partial charge in [-0.2, -0.15) is 0 Å². The molecule has 0 amide bonds. The molecule has 0 aromatic heterocycles. The first-order valence-corrected chi connectivity index (χ1v) is 23.6. The van der Waals surface area contributed by atoms with E-state index in [9.17, 15) is 0 Å². The van der Waals surface area contributed by atoms with Gasteiger partial charge in [-0.15, -0.1) is 0 Å². The second kappa shape index (κ2) is 23.3. The molecule has 326 valence electrons. The summed E-state index contributed by atoms with van der Waals surface area (Å²) in [5.41, 5.74) is 5.18. The van der Waals surface area contributed by atoms with Crippen LogP contribution in [0.2, 0.25) is 0 Å². The number of rotatable bonds is 19. The second-order valence-corrected chi connectivity index (χ2v) is 23.6. The molecule has 0 bridgehead atoms. The van der Waals surface area contributed by atoms with Crippen LogP contribution in [0.1, 0.15) is 234 Å². The van der Waals surface area contributed by atoms with E-state index in [1.54, 1.807) is 0 Å². The Morgan fingerprint density at radius 3 is 1.62 bits per heavy atom. The number of allylic oxidation sites excluding steroid dienone is 6. The molecule has 0 heterocycles. The summed E-state index contributed by atoms with van der Waals surface area (Å²) < 4.78 is 0. The molecule has 3 unspecified atom stereocenters. The molecule has 2 rings (SSSR count). The third-order valence-corrected chi connectivity index (χ3v) is 14.7. The van der Waals surface area contributed by atoms with Crippen molar-refractivity contribution in [2.75, 3.05) is 0 Å². The van der Waals surface area contributed by atoms with Gasteiger partial charge in [0.05, 0.1) is 0 Å². The van der Waals surface area contributed by atoms with E-state index in [4.69, 9.17) is 0 Å². The van der Waals surface area contributed by atoms with Crippen molar-refractivity contribution in [1.29, 1.82) is 0 Å². The monoisotopic (exact) mass is 775 g/mol. The van der Waals surface area contributed by atoms with Crippen LogP contribution in [0.3, 0.4) is 0 Å². The molecule has 0 nitrogen and oxygen atoms in total. The standard InChI is InChI=1S/C36H66.C17H28.C3H8/c1-15-30(35(11,12)33(7,8)25-21-20-24-32(5,6)16-2)27-34(9,10)36(13,14)31(26-28(3)4)29-22-18-17-19-23-29;1-7-14(13-16(2,3)4)15-9-8-11-17(5,6)12-10-15;1-3-2/h17-19,22-23,28,30-31H,15-16,20-21,24-27H2,1-14H3;8-12,14H,7,13H2,1-6H3;3H2,1-2H3. The maximum absolute atomic E-state index is 2.59. The van der Waals surface area contributed by atoms with E-state index in [0.717, 1.165) is 0 Å². The molecular formula is C56H102. The summed E-state index contributed by atoms with van der Waals surface area (Å²) in [5, 5.41) is 0. The van der Waals surface area contributed by atoms with Crippen molar-refractivity contribution in [2.24, 2.45) is 55.7 Å². The van der Waals surface area contributed by atoms with Crippen molar-refractivity contribution in [3.05, 3.63) is 71.8 Å². The van der Waals surface area contributed by atoms with E-state index < -0.39 is 0 Å². The van der Waals surface area contributed by atoms with Crippen LogP contribution in [0.5, 0.6) is 0 Å². The van der Waals surface area contributed by atoms with Crippen LogP contribution in [0.4, 0.5) is 0 Å². The minimum Gasteiger partial charge on any atom is -0.0751 e. The van der Waals surface area contributed by atoms with Crippen molar-refractivity contribution in [2.45, 2.75) is 229 Å². The Bertz CT molecular complexity index is 1280. The van der Waals surface area contributed by atoms with Crippen LogP contribution in [0, 0.1) is 55.7 Å². The summed E-state index contributed by atoms with van der Waals surface area (Å²) in [6.45, 7) is 53.0. The Hall–Kier alpha value is -1.56. The smallest absolute Gasteiger partial charge is 0.00107 e. The van der Waals surface area contributed by atoms with E-state index in [0.29, 0.717) is 45.3 Å². The zero-order valence-corrected chi connectivity index (χ0v) is 42.4. The SMILES string of the molecule is CCC.CCC(CC(C)(C)C(C)(C)C(CC(C)C)c1ccccc1)C(C)(C)C(C)(C)CCCCC(C)(C)CC.CCC(CC(C)(C)C)C1=CC=CC(C)(C)C=C1. The van der Waals surface area contributed by atoms with E-state index >= 15 is 0 Å². The Kier molecular flexibility index (Phi) is 22.6. The Labute approximate surface area is 355 Å². The normalized spacial score (nSPS) is 16.9. The average molecular weight is 775 g/mol. The van der Waals surface area contributed by atoms with Gasteiger partial charge in [0.2, 0.25) is 0 Å². The van der Waals surface area contributed by atoms with Crippen LogP contribution < -0.4 is 0 Å². The van der Waals surface area contributed by atoms with Gasteiger partial charge >= 0.3 is 0 Å². The van der Waals surface area contributed by atoms with Gasteiger partial charge < -0.3 is 0 Å².